The molecule has 0 aliphatic heterocycles. The summed E-state index contributed by atoms with van der Waals surface area (Å²) in [6.07, 6.45) is 0. The summed E-state index contributed by atoms with van der Waals surface area (Å²) in [5.41, 5.74) is 0.928. The van der Waals surface area contributed by atoms with Gasteiger partial charge >= 0.3 is 5.97 Å². The van der Waals surface area contributed by atoms with E-state index in [1.807, 2.05) is 36.4 Å². The van der Waals surface area contributed by atoms with Gasteiger partial charge in [0.1, 0.15) is 17.2 Å². The van der Waals surface area contributed by atoms with Crippen molar-refractivity contribution >= 4 is 5.97 Å². The molecule has 0 unspecified atom stereocenters. The van der Waals surface area contributed by atoms with Gasteiger partial charge in [0.2, 0.25) is 0 Å². The largest absolute Gasteiger partial charge is 0.457 e. The molecule has 3 aromatic carbocycles. The van der Waals surface area contributed by atoms with Crippen LogP contribution in [0.15, 0.2) is 78.9 Å². The molecule has 0 heterocycles. The summed E-state index contributed by atoms with van der Waals surface area (Å²) >= 11 is 0. The number of esters is 1. The first-order valence-electron chi connectivity index (χ1n) is 7.30. The van der Waals surface area contributed by atoms with Crippen molar-refractivity contribution in [3.8, 4) is 23.3 Å². The first kappa shape index (κ1) is 15.3. The predicted octanol–water partition coefficient (Wildman–Crippen LogP) is 4.57. The third-order valence-corrected chi connectivity index (χ3v) is 3.26. The van der Waals surface area contributed by atoms with Crippen LogP contribution in [0.3, 0.4) is 0 Å². The van der Waals surface area contributed by atoms with Crippen LogP contribution in [0.2, 0.25) is 0 Å². The number of para-hydroxylation sites is 1. The molecule has 3 rings (SSSR count). The Labute approximate surface area is 139 Å². The summed E-state index contributed by atoms with van der Waals surface area (Å²) in [6, 6.07) is 24.5. The van der Waals surface area contributed by atoms with Crippen LogP contribution in [-0.2, 0) is 0 Å². The highest BCUT2D eigenvalue weighted by Crippen LogP contribution is 2.22. The Morgan fingerprint density at radius 2 is 1.33 bits per heavy atom. The molecule has 3 aromatic rings. The van der Waals surface area contributed by atoms with Gasteiger partial charge in [-0.2, -0.15) is 5.26 Å². The molecule has 0 saturated heterocycles. The van der Waals surface area contributed by atoms with Crippen molar-refractivity contribution in [2.24, 2.45) is 0 Å². The maximum atomic E-state index is 12.1. The fraction of sp³-hybridized carbons (Fsp3) is 0. The van der Waals surface area contributed by atoms with Crippen molar-refractivity contribution in [3.05, 3.63) is 90.0 Å². The lowest BCUT2D eigenvalue weighted by Crippen LogP contribution is -2.08. The Bertz CT molecular complexity index is 864. The van der Waals surface area contributed by atoms with Gasteiger partial charge in [-0.25, -0.2) is 4.79 Å². The summed E-state index contributed by atoms with van der Waals surface area (Å²) in [5, 5.41) is 8.75. The molecular formula is C20H13NO3. The van der Waals surface area contributed by atoms with Crippen molar-refractivity contribution in [2.45, 2.75) is 0 Å². The van der Waals surface area contributed by atoms with Gasteiger partial charge in [0.15, 0.2) is 0 Å². The van der Waals surface area contributed by atoms with Crippen molar-refractivity contribution in [3.63, 3.8) is 0 Å². The second-order valence-electron chi connectivity index (χ2n) is 4.97. The molecule has 0 amide bonds. The zero-order valence-corrected chi connectivity index (χ0v) is 12.7. The Hall–Kier alpha value is -3.58. The number of benzene rings is 3. The van der Waals surface area contributed by atoms with Crippen LogP contribution < -0.4 is 9.47 Å². The van der Waals surface area contributed by atoms with Crippen molar-refractivity contribution < 1.29 is 14.3 Å². The number of rotatable bonds is 4. The monoisotopic (exact) mass is 315 g/mol. The molecule has 0 aromatic heterocycles. The molecule has 0 atom stereocenters. The summed E-state index contributed by atoms with van der Waals surface area (Å²) in [7, 11) is 0. The average molecular weight is 315 g/mol. The lowest BCUT2D eigenvalue weighted by molar-refractivity contribution is 0.0735. The van der Waals surface area contributed by atoms with E-state index in [-0.39, 0.29) is 0 Å². The SMILES string of the molecule is N#Cc1ccc(OC(=O)c2ccc(Oc3ccccc3)cc2)cc1. The second kappa shape index (κ2) is 7.12. The maximum Gasteiger partial charge on any atom is 0.343 e. The quantitative estimate of drug-likeness (QED) is 0.522. The Morgan fingerprint density at radius 3 is 1.96 bits per heavy atom. The smallest absolute Gasteiger partial charge is 0.343 e. The van der Waals surface area contributed by atoms with Crippen molar-refractivity contribution in [1.29, 1.82) is 5.26 Å². The van der Waals surface area contributed by atoms with Crippen LogP contribution in [0.5, 0.6) is 17.2 Å². The molecule has 0 bridgehead atoms. The molecule has 4 nitrogen and oxygen atoms in total. The van der Waals surface area contributed by atoms with Crippen LogP contribution in [0.25, 0.3) is 0 Å². The molecule has 0 saturated carbocycles. The van der Waals surface area contributed by atoms with Crippen LogP contribution in [-0.4, -0.2) is 5.97 Å². The van der Waals surface area contributed by atoms with E-state index in [0.29, 0.717) is 22.6 Å². The van der Waals surface area contributed by atoms with Crippen LogP contribution in [0.4, 0.5) is 0 Å². The first-order valence-corrected chi connectivity index (χ1v) is 7.30. The minimum absolute atomic E-state index is 0.392. The maximum absolute atomic E-state index is 12.1. The fourth-order valence-corrected chi connectivity index (χ4v) is 2.05. The molecule has 4 heteroatoms. The van der Waals surface area contributed by atoms with Crippen molar-refractivity contribution in [2.75, 3.05) is 0 Å². The van der Waals surface area contributed by atoms with Gasteiger partial charge < -0.3 is 9.47 Å². The third kappa shape index (κ3) is 3.79. The van der Waals surface area contributed by atoms with Gasteiger partial charge in [0.25, 0.3) is 0 Å². The lowest BCUT2D eigenvalue weighted by atomic mass is 10.2. The highest BCUT2D eigenvalue weighted by molar-refractivity contribution is 5.91. The van der Waals surface area contributed by atoms with Gasteiger partial charge in [-0.05, 0) is 60.7 Å². The molecule has 24 heavy (non-hydrogen) atoms. The van der Waals surface area contributed by atoms with E-state index < -0.39 is 5.97 Å². The van der Waals surface area contributed by atoms with Gasteiger partial charge in [0.05, 0.1) is 17.2 Å². The summed E-state index contributed by atoms with van der Waals surface area (Å²) in [5.74, 6) is 1.29. The standard InChI is InChI=1S/C20H13NO3/c21-14-15-6-10-19(11-7-15)24-20(22)16-8-12-18(13-9-16)23-17-4-2-1-3-5-17/h1-13H. The van der Waals surface area contributed by atoms with Crippen LogP contribution in [0.1, 0.15) is 15.9 Å². The first-order chi connectivity index (χ1) is 11.7. The number of hydrogen-bond acceptors (Lipinski definition) is 4. The number of ether oxygens (including phenoxy) is 2. The van der Waals surface area contributed by atoms with Gasteiger partial charge in [-0.3, -0.25) is 0 Å². The molecule has 0 N–H and O–H groups in total. The van der Waals surface area contributed by atoms with Crippen LogP contribution in [0, 0.1) is 11.3 Å². The van der Waals surface area contributed by atoms with Crippen LogP contribution >= 0.6 is 0 Å². The molecule has 0 aliphatic carbocycles. The van der Waals surface area contributed by atoms with E-state index in [9.17, 15) is 4.79 Å². The Morgan fingerprint density at radius 1 is 0.750 bits per heavy atom. The van der Waals surface area contributed by atoms with E-state index in [1.54, 1.807) is 48.5 Å². The number of nitriles is 1. The fourth-order valence-electron chi connectivity index (χ4n) is 2.05. The Kier molecular flexibility index (Phi) is 4.55. The molecule has 0 spiro atoms. The normalized spacial score (nSPS) is 9.79. The van der Waals surface area contributed by atoms with Crippen molar-refractivity contribution in [1.82, 2.24) is 0 Å². The molecule has 0 fully saturated rings. The van der Waals surface area contributed by atoms with Gasteiger partial charge in [-0.1, -0.05) is 18.2 Å². The molecular weight excluding hydrogens is 302 g/mol. The highest BCUT2D eigenvalue weighted by atomic mass is 16.5. The Balaban J connectivity index is 1.66. The minimum Gasteiger partial charge on any atom is -0.457 e. The zero-order valence-electron chi connectivity index (χ0n) is 12.7. The second-order valence-corrected chi connectivity index (χ2v) is 4.97. The topological polar surface area (TPSA) is 59.3 Å². The number of carbonyl (C=O) groups is 1. The molecule has 0 aliphatic rings. The van der Waals surface area contributed by atoms with Gasteiger partial charge in [0, 0.05) is 0 Å². The predicted molar refractivity (Wildman–Crippen MR) is 89.1 cm³/mol. The van der Waals surface area contributed by atoms with E-state index in [0.717, 1.165) is 5.75 Å². The molecule has 116 valence electrons. The highest BCUT2D eigenvalue weighted by Gasteiger charge is 2.09. The summed E-state index contributed by atoms with van der Waals surface area (Å²) in [6.45, 7) is 0. The number of nitrogens with zero attached hydrogens (tertiary/aromatic N) is 1. The van der Waals surface area contributed by atoms with Gasteiger partial charge in [-0.15, -0.1) is 0 Å². The number of carbonyl (C=O) groups excluding carboxylic acids is 1. The lowest BCUT2D eigenvalue weighted by Gasteiger charge is -2.07. The van der Waals surface area contributed by atoms with E-state index in [4.69, 9.17) is 14.7 Å². The zero-order chi connectivity index (χ0) is 16.8. The van der Waals surface area contributed by atoms with E-state index in [2.05, 4.69) is 0 Å². The number of hydrogen-bond donors (Lipinski definition) is 0. The van der Waals surface area contributed by atoms with E-state index >= 15 is 0 Å². The minimum atomic E-state index is -0.467. The van der Waals surface area contributed by atoms with E-state index in [1.165, 1.54) is 0 Å². The summed E-state index contributed by atoms with van der Waals surface area (Å²) < 4.78 is 10.9. The third-order valence-electron chi connectivity index (χ3n) is 3.26. The molecule has 0 radical (unpaired) electrons. The summed E-state index contributed by atoms with van der Waals surface area (Å²) in [4.78, 5) is 12.1. The average Bonchev–Trinajstić information content (AvgIpc) is 2.64.